The van der Waals surface area contributed by atoms with Crippen LogP contribution >= 0.6 is 0 Å². The third-order valence-corrected chi connectivity index (χ3v) is 5.38. The molecule has 32 heavy (non-hydrogen) atoms. The van der Waals surface area contributed by atoms with Crippen molar-refractivity contribution in [2.75, 3.05) is 27.2 Å². The molecule has 1 aliphatic heterocycles. The second-order valence-corrected chi connectivity index (χ2v) is 7.48. The number of guanidine groups is 1. The van der Waals surface area contributed by atoms with E-state index in [0.717, 1.165) is 24.1 Å². The number of benzene rings is 2. The van der Waals surface area contributed by atoms with Crippen molar-refractivity contribution < 1.29 is 13.9 Å². The lowest BCUT2D eigenvalue weighted by Crippen LogP contribution is -2.46. The van der Waals surface area contributed by atoms with Gasteiger partial charge in [-0.2, -0.15) is 5.26 Å². The van der Waals surface area contributed by atoms with Gasteiger partial charge in [-0.15, -0.1) is 0 Å². The van der Waals surface area contributed by atoms with Crippen molar-refractivity contribution in [1.29, 1.82) is 5.26 Å². The number of nitriles is 1. The fourth-order valence-electron chi connectivity index (χ4n) is 3.24. The van der Waals surface area contributed by atoms with Gasteiger partial charge in [0.1, 0.15) is 0 Å². The molecule has 2 N–H and O–H groups in total. The zero-order valence-corrected chi connectivity index (χ0v) is 18.4. The highest BCUT2D eigenvalue weighted by molar-refractivity contribution is 6.00. The van der Waals surface area contributed by atoms with E-state index in [0.29, 0.717) is 35.7 Å². The lowest BCUT2D eigenvalue weighted by Gasteiger charge is -2.27. The highest BCUT2D eigenvalue weighted by atomic mass is 19.1. The van der Waals surface area contributed by atoms with Crippen LogP contribution in [0.25, 0.3) is 11.3 Å². The number of carbonyl (C=O) groups excluding carboxylic acids is 1. The SMILES string of the molecule is COc1ccc(/C(C)=C(/NC(=NCC2CCN2)N(C)C=O)c2ccc(C#N)cc2)cc1F. The minimum atomic E-state index is -0.474. The van der Waals surface area contributed by atoms with Crippen LogP contribution in [0.3, 0.4) is 0 Å². The molecule has 2 aromatic rings. The lowest BCUT2D eigenvalue weighted by atomic mass is 9.99. The number of methoxy groups -OCH3 is 1. The molecule has 2 aromatic carbocycles. The summed E-state index contributed by atoms with van der Waals surface area (Å²) in [4.78, 5) is 17.5. The predicted molar refractivity (Wildman–Crippen MR) is 122 cm³/mol. The number of hydrogen-bond acceptors (Lipinski definition) is 5. The van der Waals surface area contributed by atoms with Gasteiger partial charge in [0.2, 0.25) is 12.4 Å². The molecule has 0 bridgehead atoms. The first-order chi connectivity index (χ1) is 15.5. The van der Waals surface area contributed by atoms with Crippen molar-refractivity contribution in [3.63, 3.8) is 0 Å². The van der Waals surface area contributed by atoms with Crippen molar-refractivity contribution >= 4 is 23.6 Å². The fourth-order valence-corrected chi connectivity index (χ4v) is 3.24. The molecule has 3 rings (SSSR count). The Balaban J connectivity index is 2.05. The Kier molecular flexibility index (Phi) is 7.58. The van der Waals surface area contributed by atoms with Crippen LogP contribution in [0.1, 0.15) is 30.0 Å². The third-order valence-electron chi connectivity index (χ3n) is 5.38. The maximum Gasteiger partial charge on any atom is 0.216 e. The Labute approximate surface area is 187 Å². The molecular formula is C24H26FN5O2. The summed E-state index contributed by atoms with van der Waals surface area (Å²) in [6.07, 6.45) is 1.71. The maximum atomic E-state index is 14.4. The van der Waals surface area contributed by atoms with E-state index in [2.05, 4.69) is 21.7 Å². The second kappa shape index (κ2) is 10.6. The number of nitrogens with one attached hydrogen (secondary N) is 2. The summed E-state index contributed by atoms with van der Waals surface area (Å²) in [5.41, 5.74) is 3.32. The van der Waals surface area contributed by atoms with E-state index in [-0.39, 0.29) is 11.8 Å². The first-order valence-electron chi connectivity index (χ1n) is 10.2. The Morgan fingerprint density at radius 1 is 1.34 bits per heavy atom. The molecule has 1 atom stereocenters. The summed E-state index contributed by atoms with van der Waals surface area (Å²) in [7, 11) is 3.03. The topological polar surface area (TPSA) is 89.8 Å². The zero-order valence-electron chi connectivity index (χ0n) is 18.4. The molecule has 0 saturated carbocycles. The first kappa shape index (κ1) is 23.0. The molecule has 1 amide bonds. The van der Waals surface area contributed by atoms with Gasteiger partial charge in [0, 0.05) is 13.1 Å². The van der Waals surface area contributed by atoms with Gasteiger partial charge in [-0.25, -0.2) is 4.39 Å². The summed E-state index contributed by atoms with van der Waals surface area (Å²) >= 11 is 0. The quantitative estimate of drug-likeness (QED) is 0.302. The number of ether oxygens (including phenoxy) is 1. The smallest absolute Gasteiger partial charge is 0.216 e. The average Bonchev–Trinajstić information content (AvgIpc) is 2.79. The molecule has 1 fully saturated rings. The molecule has 0 spiro atoms. The fraction of sp³-hybridized carbons (Fsp3) is 0.292. The van der Waals surface area contributed by atoms with Gasteiger partial charge >= 0.3 is 0 Å². The van der Waals surface area contributed by atoms with Crippen molar-refractivity contribution in [2.45, 2.75) is 19.4 Å². The van der Waals surface area contributed by atoms with Crippen LogP contribution in [0, 0.1) is 17.1 Å². The maximum absolute atomic E-state index is 14.4. The van der Waals surface area contributed by atoms with Gasteiger partial charge in [0.05, 0.1) is 31.0 Å². The van der Waals surface area contributed by atoms with E-state index in [1.165, 1.54) is 18.1 Å². The molecule has 7 nitrogen and oxygen atoms in total. The van der Waals surface area contributed by atoms with Crippen molar-refractivity contribution in [3.05, 3.63) is 65.0 Å². The molecule has 1 saturated heterocycles. The van der Waals surface area contributed by atoms with E-state index in [1.807, 2.05) is 6.92 Å². The molecule has 166 valence electrons. The summed E-state index contributed by atoms with van der Waals surface area (Å²) < 4.78 is 19.4. The van der Waals surface area contributed by atoms with Crippen molar-refractivity contribution in [1.82, 2.24) is 15.5 Å². The molecule has 1 unspecified atom stereocenters. The van der Waals surface area contributed by atoms with Crippen molar-refractivity contribution in [2.24, 2.45) is 4.99 Å². The summed E-state index contributed by atoms with van der Waals surface area (Å²) in [5.74, 6) is 0.0604. The second-order valence-electron chi connectivity index (χ2n) is 7.48. The molecule has 1 heterocycles. The first-order valence-corrected chi connectivity index (χ1v) is 10.2. The molecule has 8 heteroatoms. The largest absolute Gasteiger partial charge is 0.494 e. The van der Waals surface area contributed by atoms with Crippen LogP contribution in [-0.4, -0.2) is 50.6 Å². The lowest BCUT2D eigenvalue weighted by molar-refractivity contribution is -0.114. The monoisotopic (exact) mass is 435 g/mol. The summed E-state index contributed by atoms with van der Waals surface area (Å²) in [6, 6.07) is 14.1. The van der Waals surface area contributed by atoms with Gasteiger partial charge in [0.15, 0.2) is 11.6 Å². The summed E-state index contributed by atoms with van der Waals surface area (Å²) in [5, 5.41) is 15.7. The van der Waals surface area contributed by atoms with E-state index in [9.17, 15) is 9.18 Å². The number of halogens is 1. The van der Waals surface area contributed by atoms with Gasteiger partial charge < -0.3 is 15.4 Å². The molecule has 0 radical (unpaired) electrons. The van der Waals surface area contributed by atoms with Crippen LogP contribution in [0.5, 0.6) is 5.75 Å². The van der Waals surface area contributed by atoms with Gasteiger partial charge in [-0.1, -0.05) is 18.2 Å². The minimum Gasteiger partial charge on any atom is -0.494 e. The third kappa shape index (κ3) is 5.31. The number of hydrogen-bond donors (Lipinski definition) is 2. The highest BCUT2D eigenvalue weighted by Gasteiger charge is 2.18. The predicted octanol–water partition coefficient (Wildman–Crippen LogP) is 2.99. The van der Waals surface area contributed by atoms with E-state index < -0.39 is 5.82 Å². The van der Waals surface area contributed by atoms with Crippen LogP contribution < -0.4 is 15.4 Å². The standard InChI is InChI=1S/C24H26FN5O2/c1-16(19-8-9-22(32-3)21(25)12-19)23(18-6-4-17(13-26)5-7-18)29-24(30(2)15-31)28-14-20-10-11-27-20/h4-9,12,15,20,27H,10-11,14H2,1-3H3,(H,28,29)/b23-16+. The Morgan fingerprint density at radius 2 is 2.03 bits per heavy atom. The molecular weight excluding hydrogens is 409 g/mol. The van der Waals surface area contributed by atoms with Crippen molar-refractivity contribution in [3.8, 4) is 11.8 Å². The van der Waals surface area contributed by atoms with E-state index in [4.69, 9.17) is 10.00 Å². The van der Waals surface area contributed by atoms with Gasteiger partial charge in [-0.05, 0) is 60.9 Å². The Hall–Kier alpha value is -3.70. The molecule has 0 aromatic heterocycles. The Morgan fingerprint density at radius 3 is 2.56 bits per heavy atom. The van der Waals surface area contributed by atoms with E-state index in [1.54, 1.807) is 43.4 Å². The minimum absolute atomic E-state index is 0.158. The highest BCUT2D eigenvalue weighted by Crippen LogP contribution is 2.28. The number of carbonyl (C=O) groups is 1. The van der Waals surface area contributed by atoms with Gasteiger partial charge in [-0.3, -0.25) is 14.7 Å². The normalized spacial score (nSPS) is 16.3. The van der Waals surface area contributed by atoms with Crippen LogP contribution in [0.2, 0.25) is 0 Å². The number of nitrogens with zero attached hydrogens (tertiary/aromatic N) is 3. The zero-order chi connectivity index (χ0) is 23.1. The number of amides is 1. The molecule has 1 aliphatic rings. The number of aliphatic imine (C=N–C) groups is 1. The van der Waals surface area contributed by atoms with Crippen LogP contribution in [0.15, 0.2) is 47.5 Å². The summed E-state index contributed by atoms with van der Waals surface area (Å²) in [6.45, 7) is 3.34. The van der Waals surface area contributed by atoms with Crippen LogP contribution in [0.4, 0.5) is 4.39 Å². The average molecular weight is 436 g/mol. The number of allylic oxidation sites excluding steroid dienone is 1. The number of rotatable bonds is 7. The Bertz CT molecular complexity index is 1070. The van der Waals surface area contributed by atoms with Gasteiger partial charge in [0.25, 0.3) is 0 Å². The van der Waals surface area contributed by atoms with E-state index >= 15 is 0 Å². The van der Waals surface area contributed by atoms with Crippen LogP contribution in [-0.2, 0) is 4.79 Å². The molecule has 0 aliphatic carbocycles.